The van der Waals surface area contributed by atoms with Gasteiger partial charge in [-0.2, -0.15) is 0 Å². The molecule has 0 unspecified atom stereocenters. The molecule has 0 fully saturated rings. The number of rotatable bonds is 9. The van der Waals surface area contributed by atoms with Gasteiger partial charge < -0.3 is 9.13 Å². The quantitative estimate of drug-likeness (QED) is 0.101. The Kier molecular flexibility index (Phi) is 13.4. The molecule has 0 saturated heterocycles. The molecule has 14 aromatic rings. The van der Waals surface area contributed by atoms with Crippen molar-refractivity contribution in [2.24, 2.45) is 0 Å². The molecule has 0 radical (unpaired) electrons. The van der Waals surface area contributed by atoms with Crippen LogP contribution in [0.25, 0.3) is 66.1 Å². The van der Waals surface area contributed by atoms with Crippen molar-refractivity contribution in [2.45, 2.75) is 105 Å². The summed E-state index contributed by atoms with van der Waals surface area (Å²) in [5, 5.41) is 16.1. The summed E-state index contributed by atoms with van der Waals surface area (Å²) in [5.41, 5.74) is 19.2. The van der Waals surface area contributed by atoms with E-state index in [-0.39, 0.29) is 28.4 Å². The Morgan fingerprint density at radius 2 is 0.548 bits per heavy atom. The second-order valence-electron chi connectivity index (χ2n) is 30.8. The van der Waals surface area contributed by atoms with Crippen LogP contribution in [0.4, 0.5) is 0 Å². The van der Waals surface area contributed by atoms with Gasteiger partial charge in [0.1, 0.15) is 0 Å². The maximum Gasteiger partial charge on any atom is 0.252 e. The summed E-state index contributed by atoms with van der Waals surface area (Å²) in [5.74, 6) is 0. The van der Waals surface area contributed by atoms with E-state index in [0.717, 1.165) is 0 Å². The molecule has 0 saturated carbocycles. The van der Waals surface area contributed by atoms with Gasteiger partial charge in [0.2, 0.25) is 0 Å². The van der Waals surface area contributed by atoms with E-state index in [4.69, 9.17) is 0 Å². The van der Waals surface area contributed by atoms with Crippen LogP contribution in [0.15, 0.2) is 273 Å². The summed E-state index contributed by atoms with van der Waals surface area (Å²) < 4.78 is 5.73. The third kappa shape index (κ3) is 8.72. The highest BCUT2D eigenvalue weighted by Crippen LogP contribution is 2.45. The second kappa shape index (κ2) is 21.1. The van der Waals surface area contributed by atoms with Gasteiger partial charge in [0, 0.05) is 44.0 Å². The zero-order valence-electron chi connectivity index (χ0n) is 56.0. The van der Waals surface area contributed by atoms with Crippen LogP contribution >= 0.6 is 0 Å². The lowest BCUT2D eigenvalue weighted by molar-refractivity contribution is 0.590. The maximum atomic E-state index is 2.87. The van der Waals surface area contributed by atoms with E-state index < -0.39 is 16.1 Å². The van der Waals surface area contributed by atoms with Gasteiger partial charge in [0.25, 0.3) is 6.71 Å². The van der Waals surface area contributed by atoms with Gasteiger partial charge in [-0.3, -0.25) is 0 Å². The largest absolute Gasteiger partial charge is 0.310 e. The molecule has 2 aliphatic rings. The summed E-state index contributed by atoms with van der Waals surface area (Å²) in [6, 6.07) is 108. The number of benzene rings is 12. The molecule has 2 aliphatic heterocycles. The molecular weight excluding hydrogens is 1150 g/mol. The van der Waals surface area contributed by atoms with Crippen molar-refractivity contribution in [3.8, 4) is 22.5 Å². The van der Waals surface area contributed by atoms with Crippen LogP contribution in [0, 0.1) is 0 Å². The summed E-state index contributed by atoms with van der Waals surface area (Å²) in [6.45, 7) is 28.6. The number of fused-ring (bicyclic) bond motifs is 10. The van der Waals surface area contributed by atoms with E-state index in [0.29, 0.717) is 0 Å². The van der Waals surface area contributed by atoms with Crippen molar-refractivity contribution in [1.82, 2.24) is 9.13 Å². The van der Waals surface area contributed by atoms with E-state index in [1.807, 2.05) is 0 Å². The molecule has 454 valence electrons. The molecule has 0 atom stereocenters. The van der Waals surface area contributed by atoms with Crippen molar-refractivity contribution < 1.29 is 0 Å². The summed E-state index contributed by atoms with van der Waals surface area (Å²) >= 11 is 0. The SMILES string of the molecule is CC(C)(C)c1ccc2c(c1)c1cc(C(C)(C)C)cc3c1n2-c1c2c(c([Si](c4ccccc4)(c4ccccc4)c4ccccc4)c(-c4ccccc4)c1[Si](c1ccccc1)(c1ccccc1)c1ccccc1)-n1c4ccc(C(C)(C)C)cc4c4cc(C(C)(C)C)cc(c41)B23. The third-order valence-electron chi connectivity index (χ3n) is 21.1. The predicted molar refractivity (Wildman–Crippen MR) is 407 cm³/mol. The second-order valence-corrected chi connectivity index (χ2v) is 38.3. The fourth-order valence-electron chi connectivity index (χ4n) is 16.6. The lowest BCUT2D eigenvalue weighted by Crippen LogP contribution is -2.81. The lowest BCUT2D eigenvalue weighted by Gasteiger charge is -2.47. The predicted octanol–water partition coefficient (Wildman–Crippen LogP) is 14.6. The molecule has 0 bridgehead atoms. The number of hydrogen-bond donors (Lipinski definition) is 0. The molecule has 0 amide bonds. The fraction of sp³-hybridized carbons (Fsp3) is 0.182. The van der Waals surface area contributed by atoms with Crippen molar-refractivity contribution in [3.63, 3.8) is 0 Å². The standard InChI is InChI=1S/C88H81BN2Si2/c1-85(2,3)59-48-50-75-69(52-59)71-54-61(87(7,8)9)56-73-79(71)90(75)81-78-82(91-76-51-49-60(86(4,5)6)53-70(76)72-55-62(88(10,11)12)57-74(80(72)91)89(73)78)84(93(66-42-28-17-29-43-66,67-44-30-18-31-45-67)68-46-32-19-33-47-68)77(58-34-20-13-21-35-58)83(81)92(63-36-22-14-23-37-63,64-38-24-15-25-39-64)65-40-26-16-27-41-65/h13-57H,1-12H3. The van der Waals surface area contributed by atoms with Gasteiger partial charge in [0.05, 0.1) is 11.0 Å². The van der Waals surface area contributed by atoms with Crippen molar-refractivity contribution in [1.29, 1.82) is 0 Å². The molecule has 16 rings (SSSR count). The van der Waals surface area contributed by atoms with Crippen LogP contribution in [0.2, 0.25) is 0 Å². The van der Waals surface area contributed by atoms with Gasteiger partial charge in [-0.05, 0) is 149 Å². The zero-order valence-corrected chi connectivity index (χ0v) is 58.0. The number of hydrogen-bond acceptors (Lipinski definition) is 0. The Morgan fingerprint density at radius 3 is 0.828 bits per heavy atom. The maximum absolute atomic E-state index is 3.71. The summed E-state index contributed by atoms with van der Waals surface area (Å²) in [6.07, 6.45) is 0. The molecule has 0 N–H and O–H groups in total. The Labute approximate surface area is 552 Å². The van der Waals surface area contributed by atoms with Gasteiger partial charge in [-0.15, -0.1) is 0 Å². The van der Waals surface area contributed by atoms with Crippen LogP contribution in [0.5, 0.6) is 0 Å². The topological polar surface area (TPSA) is 9.86 Å². The van der Waals surface area contributed by atoms with Crippen molar-refractivity contribution in [3.05, 3.63) is 295 Å². The number of nitrogens with zero attached hydrogens (tertiary/aromatic N) is 2. The van der Waals surface area contributed by atoms with E-state index in [9.17, 15) is 0 Å². The highest BCUT2D eigenvalue weighted by molar-refractivity contribution is 7.24. The van der Waals surface area contributed by atoms with Gasteiger partial charge in [0.15, 0.2) is 16.1 Å². The fourth-order valence-corrected chi connectivity index (χ4v) is 27.1. The molecule has 4 heterocycles. The van der Waals surface area contributed by atoms with Gasteiger partial charge >= 0.3 is 0 Å². The van der Waals surface area contributed by atoms with E-state index in [2.05, 4.69) is 365 Å². The van der Waals surface area contributed by atoms with Crippen molar-refractivity contribution >= 4 is 124 Å². The molecule has 5 heteroatoms. The summed E-state index contributed by atoms with van der Waals surface area (Å²) in [7, 11) is -7.42. The van der Waals surface area contributed by atoms with E-state index in [1.165, 1.54) is 146 Å². The minimum absolute atomic E-state index is 0.100. The Balaban J connectivity index is 1.33. The molecule has 2 aromatic heterocycles. The molecule has 93 heavy (non-hydrogen) atoms. The minimum atomic E-state index is -3.71. The van der Waals surface area contributed by atoms with Crippen molar-refractivity contribution in [2.75, 3.05) is 0 Å². The monoisotopic (exact) mass is 1230 g/mol. The first-order valence-corrected chi connectivity index (χ1v) is 37.6. The van der Waals surface area contributed by atoms with Crippen LogP contribution < -0.4 is 57.9 Å². The number of aromatic nitrogens is 2. The average molecular weight is 1230 g/mol. The lowest BCUT2D eigenvalue weighted by atomic mass is 9.33. The Morgan fingerprint density at radius 1 is 0.280 bits per heavy atom. The minimum Gasteiger partial charge on any atom is -0.310 e. The first-order chi connectivity index (χ1) is 44.7. The normalized spacial score (nSPS) is 13.4. The smallest absolute Gasteiger partial charge is 0.252 e. The van der Waals surface area contributed by atoms with Crippen LogP contribution in [-0.4, -0.2) is 32.0 Å². The Bertz CT molecular complexity index is 4750. The first-order valence-electron chi connectivity index (χ1n) is 33.6. The van der Waals surface area contributed by atoms with E-state index >= 15 is 0 Å². The molecule has 0 spiro atoms. The van der Waals surface area contributed by atoms with Crippen LogP contribution in [-0.2, 0) is 21.7 Å². The van der Waals surface area contributed by atoms with E-state index in [1.54, 1.807) is 0 Å². The van der Waals surface area contributed by atoms with Crippen LogP contribution in [0.3, 0.4) is 0 Å². The first kappa shape index (κ1) is 58.8. The zero-order chi connectivity index (χ0) is 64.1. The highest BCUT2D eigenvalue weighted by atomic mass is 28.3. The van der Waals surface area contributed by atoms with Gasteiger partial charge in [-0.1, -0.05) is 320 Å². The highest BCUT2D eigenvalue weighted by Gasteiger charge is 2.56. The van der Waals surface area contributed by atoms with Gasteiger partial charge in [-0.25, -0.2) is 0 Å². The van der Waals surface area contributed by atoms with Crippen LogP contribution in [0.1, 0.15) is 105 Å². The molecule has 12 aromatic carbocycles. The third-order valence-corrected chi connectivity index (χ3v) is 30.8. The summed E-state index contributed by atoms with van der Waals surface area (Å²) in [4.78, 5) is 0. The molecule has 0 aliphatic carbocycles. The average Bonchev–Trinajstić information content (AvgIpc) is 1.64. The molecule has 2 nitrogen and oxygen atoms in total. The molecular formula is C88H81BN2Si2. The Hall–Kier alpha value is -9.26.